The zero-order valence-electron chi connectivity index (χ0n) is 37.0. The van der Waals surface area contributed by atoms with Crippen LogP contribution in [0.3, 0.4) is 0 Å². The van der Waals surface area contributed by atoms with Crippen LogP contribution in [0.5, 0.6) is 0 Å². The van der Waals surface area contributed by atoms with E-state index in [0.717, 1.165) is 5.69 Å². The van der Waals surface area contributed by atoms with Gasteiger partial charge in [0.15, 0.2) is 0 Å². The summed E-state index contributed by atoms with van der Waals surface area (Å²) in [6.07, 6.45) is 2.27. The molecule has 2 aliphatic heterocycles. The molecule has 9 aromatic carbocycles. The van der Waals surface area contributed by atoms with E-state index in [-0.39, 0.29) is 10.8 Å². The summed E-state index contributed by atoms with van der Waals surface area (Å²) in [5.41, 5.74) is 21.9. The van der Waals surface area contributed by atoms with Gasteiger partial charge in [0, 0.05) is 50.2 Å². The van der Waals surface area contributed by atoms with Gasteiger partial charge in [-0.25, -0.2) is 0 Å². The minimum absolute atomic E-state index is 0.176. The second kappa shape index (κ2) is 13.8. The molecule has 4 heterocycles. The Bertz CT molecular complexity index is 3680. The lowest BCUT2D eigenvalue weighted by molar-refractivity contribution is 0.629. The molecular formula is C62H47N3. The van der Waals surface area contributed by atoms with Crippen LogP contribution >= 0.6 is 0 Å². The smallest absolute Gasteiger partial charge is 0.0635 e. The molecule has 0 saturated carbocycles. The molecule has 11 aromatic rings. The molecule has 3 nitrogen and oxygen atoms in total. The third-order valence-corrected chi connectivity index (χ3v) is 14.7. The lowest BCUT2D eigenvalue weighted by Gasteiger charge is -2.42. The number of hydrogen-bond donors (Lipinski definition) is 0. The van der Waals surface area contributed by atoms with Crippen molar-refractivity contribution in [2.45, 2.75) is 38.5 Å². The maximum atomic E-state index is 2.51. The number of nitrogens with zero attached hydrogens (tertiary/aromatic N) is 3. The lowest BCUT2D eigenvalue weighted by Crippen LogP contribution is -2.30. The Hall–Kier alpha value is -7.88. The van der Waals surface area contributed by atoms with Gasteiger partial charge >= 0.3 is 0 Å². The van der Waals surface area contributed by atoms with Gasteiger partial charge in [-0.3, -0.25) is 0 Å². The van der Waals surface area contributed by atoms with Gasteiger partial charge in [-0.05, 0) is 134 Å². The van der Waals surface area contributed by atoms with Crippen LogP contribution in [0.1, 0.15) is 49.9 Å². The van der Waals surface area contributed by atoms with E-state index in [2.05, 4.69) is 254 Å². The van der Waals surface area contributed by atoms with Gasteiger partial charge in [-0.2, -0.15) is 0 Å². The normalized spacial score (nSPS) is 14.4. The first-order valence-electron chi connectivity index (χ1n) is 22.8. The standard InChI is InChI=1S/C62H47N3/c1-61(2)51-22-14-15-23-56(51)63-35-34-48-59-50(39-54(61)60(48)63)49-36-43(26-31-55(49)65(59)46-20-12-7-13-21-46)45-28-33-58-53(38-45)62(3,4)52-37-44(41-18-10-6-11-19-41)27-32-57(52)64(58)47-29-24-42(25-30-47)40-16-8-5-9-17-40/h5-39H,1-4H3. The molecule has 2 aliphatic rings. The van der Waals surface area contributed by atoms with Crippen LogP contribution in [0.4, 0.5) is 17.1 Å². The van der Waals surface area contributed by atoms with Crippen molar-refractivity contribution in [2.75, 3.05) is 4.90 Å². The van der Waals surface area contributed by atoms with E-state index in [1.807, 2.05) is 0 Å². The average molecular weight is 834 g/mol. The lowest BCUT2D eigenvalue weighted by atomic mass is 9.72. The van der Waals surface area contributed by atoms with Crippen LogP contribution in [0, 0.1) is 0 Å². The van der Waals surface area contributed by atoms with Crippen LogP contribution < -0.4 is 4.90 Å². The van der Waals surface area contributed by atoms with E-state index in [1.165, 1.54) is 111 Å². The highest BCUT2D eigenvalue weighted by molar-refractivity contribution is 6.20. The Labute approximate surface area is 380 Å². The van der Waals surface area contributed by atoms with Gasteiger partial charge in [-0.15, -0.1) is 0 Å². The number of para-hydroxylation sites is 2. The Morgan fingerprint density at radius 2 is 0.846 bits per heavy atom. The summed E-state index contributed by atoms with van der Waals surface area (Å²) in [5.74, 6) is 0. The minimum atomic E-state index is -0.289. The van der Waals surface area contributed by atoms with Gasteiger partial charge < -0.3 is 14.0 Å². The molecule has 0 radical (unpaired) electrons. The van der Waals surface area contributed by atoms with Gasteiger partial charge in [0.05, 0.1) is 27.9 Å². The van der Waals surface area contributed by atoms with Crippen LogP contribution in [0.15, 0.2) is 212 Å². The highest BCUT2D eigenvalue weighted by Crippen LogP contribution is 2.54. The van der Waals surface area contributed by atoms with Crippen LogP contribution in [-0.4, -0.2) is 9.13 Å². The summed E-state index contributed by atoms with van der Waals surface area (Å²) in [7, 11) is 0. The molecule has 0 N–H and O–H groups in total. The predicted octanol–water partition coefficient (Wildman–Crippen LogP) is 16.5. The van der Waals surface area contributed by atoms with Crippen molar-refractivity contribution in [3.8, 4) is 44.8 Å². The molecule has 65 heavy (non-hydrogen) atoms. The van der Waals surface area contributed by atoms with E-state index in [4.69, 9.17) is 0 Å². The van der Waals surface area contributed by atoms with Crippen molar-refractivity contribution in [2.24, 2.45) is 0 Å². The topological polar surface area (TPSA) is 13.1 Å². The third kappa shape index (κ3) is 5.48. The monoisotopic (exact) mass is 833 g/mol. The van der Waals surface area contributed by atoms with Crippen molar-refractivity contribution < 1.29 is 0 Å². The number of anilines is 3. The Kier molecular flexibility index (Phi) is 8.00. The number of fused-ring (bicyclic) bond motifs is 8. The van der Waals surface area contributed by atoms with Gasteiger partial charge in [0.25, 0.3) is 0 Å². The van der Waals surface area contributed by atoms with Gasteiger partial charge in [0.1, 0.15) is 0 Å². The Morgan fingerprint density at radius 1 is 0.323 bits per heavy atom. The fourth-order valence-corrected chi connectivity index (χ4v) is 11.3. The first-order chi connectivity index (χ1) is 31.8. The first kappa shape index (κ1) is 37.7. The van der Waals surface area contributed by atoms with Crippen LogP contribution in [0.2, 0.25) is 0 Å². The van der Waals surface area contributed by atoms with Gasteiger partial charge in [0.2, 0.25) is 0 Å². The molecule has 0 bridgehead atoms. The SMILES string of the molecule is CC1(C)c2cc(-c3ccccc3)ccc2N(c2ccc(-c3ccccc3)cc2)c2ccc(-c3ccc4c(c3)c3cc5c6c(ccn6-c6ccccc6C5(C)C)c3n4-c3ccccc3)cc21. The van der Waals surface area contributed by atoms with E-state index < -0.39 is 0 Å². The summed E-state index contributed by atoms with van der Waals surface area (Å²) in [4.78, 5) is 2.47. The average Bonchev–Trinajstić information content (AvgIpc) is 3.94. The van der Waals surface area contributed by atoms with Crippen molar-refractivity contribution >= 4 is 49.8 Å². The quantitative estimate of drug-likeness (QED) is 0.168. The highest BCUT2D eigenvalue weighted by atomic mass is 15.2. The Balaban J connectivity index is 1.01. The third-order valence-electron chi connectivity index (χ3n) is 14.7. The number of hydrogen-bond acceptors (Lipinski definition) is 1. The summed E-state index contributed by atoms with van der Waals surface area (Å²) >= 11 is 0. The fourth-order valence-electron chi connectivity index (χ4n) is 11.3. The molecular weight excluding hydrogens is 787 g/mol. The summed E-state index contributed by atoms with van der Waals surface area (Å²) in [6.45, 7) is 9.58. The molecule has 0 amide bonds. The van der Waals surface area contributed by atoms with Crippen molar-refractivity contribution in [3.63, 3.8) is 0 Å². The molecule has 2 aromatic heterocycles. The van der Waals surface area contributed by atoms with Crippen molar-refractivity contribution in [1.29, 1.82) is 0 Å². The molecule has 13 rings (SSSR count). The second-order valence-electron chi connectivity index (χ2n) is 19.0. The van der Waals surface area contributed by atoms with Crippen molar-refractivity contribution in [1.82, 2.24) is 9.13 Å². The number of rotatable bonds is 5. The molecule has 3 heteroatoms. The molecule has 0 saturated heterocycles. The maximum absolute atomic E-state index is 2.51. The molecule has 0 fully saturated rings. The van der Waals surface area contributed by atoms with E-state index in [9.17, 15) is 0 Å². The molecule has 0 aliphatic carbocycles. The predicted molar refractivity (Wildman–Crippen MR) is 273 cm³/mol. The summed E-state index contributed by atoms with van der Waals surface area (Å²) < 4.78 is 4.91. The molecule has 0 unspecified atom stereocenters. The second-order valence-corrected chi connectivity index (χ2v) is 19.0. The highest BCUT2D eigenvalue weighted by Gasteiger charge is 2.38. The molecule has 0 atom stereocenters. The summed E-state index contributed by atoms with van der Waals surface area (Å²) in [5, 5.41) is 3.82. The van der Waals surface area contributed by atoms with Crippen LogP contribution in [0.25, 0.3) is 77.5 Å². The number of aromatic nitrogens is 2. The van der Waals surface area contributed by atoms with Gasteiger partial charge in [-0.1, -0.05) is 155 Å². The zero-order valence-corrected chi connectivity index (χ0v) is 37.0. The summed E-state index contributed by atoms with van der Waals surface area (Å²) in [6, 6.07) is 76.5. The largest absolute Gasteiger partial charge is 0.316 e. The van der Waals surface area contributed by atoms with E-state index in [1.54, 1.807) is 0 Å². The van der Waals surface area contributed by atoms with Crippen LogP contribution in [-0.2, 0) is 10.8 Å². The van der Waals surface area contributed by atoms with E-state index >= 15 is 0 Å². The first-order valence-corrected chi connectivity index (χ1v) is 22.8. The van der Waals surface area contributed by atoms with E-state index in [0.29, 0.717) is 0 Å². The Morgan fingerprint density at radius 3 is 1.52 bits per heavy atom. The van der Waals surface area contributed by atoms with Crippen molar-refractivity contribution in [3.05, 3.63) is 235 Å². The molecule has 0 spiro atoms. The minimum Gasteiger partial charge on any atom is -0.316 e. The number of benzene rings is 9. The fraction of sp³-hybridized carbons (Fsp3) is 0.0968. The maximum Gasteiger partial charge on any atom is 0.0635 e. The zero-order chi connectivity index (χ0) is 43.6. The molecule has 310 valence electrons.